The van der Waals surface area contributed by atoms with Crippen LogP contribution < -0.4 is 10.0 Å². The molecule has 0 aliphatic carbocycles. The first-order valence-corrected chi connectivity index (χ1v) is 9.29. The number of rotatable bonds is 7. The van der Waals surface area contributed by atoms with E-state index in [1.807, 2.05) is 6.92 Å². The van der Waals surface area contributed by atoms with Crippen molar-refractivity contribution in [2.75, 3.05) is 16.3 Å². The molecular weight excluding hydrogens is 316 g/mol. The van der Waals surface area contributed by atoms with Gasteiger partial charge in [0.25, 0.3) is 0 Å². The Balaban J connectivity index is 1.99. The summed E-state index contributed by atoms with van der Waals surface area (Å²) < 4.78 is 30.4. The van der Waals surface area contributed by atoms with Crippen molar-refractivity contribution in [3.8, 4) is 0 Å². The highest BCUT2D eigenvalue weighted by Crippen LogP contribution is 2.21. The lowest BCUT2D eigenvalue weighted by Gasteiger charge is -2.12. The highest BCUT2D eigenvalue weighted by atomic mass is 32.2. The van der Waals surface area contributed by atoms with E-state index < -0.39 is 10.0 Å². The van der Waals surface area contributed by atoms with Crippen molar-refractivity contribution in [3.63, 3.8) is 0 Å². The van der Waals surface area contributed by atoms with Crippen LogP contribution in [0.4, 0.5) is 11.4 Å². The van der Waals surface area contributed by atoms with E-state index in [4.69, 9.17) is 4.42 Å². The molecule has 2 aromatic rings. The normalized spacial score (nSPS) is 13.1. The second-order valence-corrected chi connectivity index (χ2v) is 7.70. The SMILES string of the molecule is CC(C)Cc1nnc(C(C)Nc2ccc(NS(C)(=O)=O)cc2)o1. The van der Waals surface area contributed by atoms with Crippen LogP contribution in [0.2, 0.25) is 0 Å². The van der Waals surface area contributed by atoms with Crippen LogP contribution in [0, 0.1) is 5.92 Å². The molecule has 0 aliphatic heterocycles. The van der Waals surface area contributed by atoms with Crippen molar-refractivity contribution < 1.29 is 12.8 Å². The van der Waals surface area contributed by atoms with Gasteiger partial charge in [0, 0.05) is 17.8 Å². The lowest BCUT2D eigenvalue weighted by atomic mass is 10.1. The zero-order valence-electron chi connectivity index (χ0n) is 13.7. The molecule has 0 saturated carbocycles. The second-order valence-electron chi connectivity index (χ2n) is 5.95. The van der Waals surface area contributed by atoms with Crippen molar-refractivity contribution >= 4 is 21.4 Å². The standard InChI is InChI=1S/C15H22N4O3S/c1-10(2)9-14-17-18-15(22-14)11(3)16-12-5-7-13(8-6-12)19-23(4,20)21/h5-8,10-11,16,19H,9H2,1-4H3. The van der Waals surface area contributed by atoms with E-state index in [0.29, 0.717) is 23.4 Å². The van der Waals surface area contributed by atoms with Gasteiger partial charge in [0.1, 0.15) is 6.04 Å². The largest absolute Gasteiger partial charge is 0.423 e. The zero-order chi connectivity index (χ0) is 17.0. The number of aromatic nitrogens is 2. The second kappa shape index (κ2) is 6.99. The van der Waals surface area contributed by atoms with E-state index in [1.165, 1.54) is 0 Å². The number of sulfonamides is 1. The van der Waals surface area contributed by atoms with Crippen LogP contribution in [0.3, 0.4) is 0 Å². The first-order chi connectivity index (χ1) is 10.7. The van der Waals surface area contributed by atoms with Gasteiger partial charge in [0.15, 0.2) is 0 Å². The molecule has 0 bridgehead atoms. The third-order valence-electron chi connectivity index (χ3n) is 3.01. The molecule has 0 amide bonds. The summed E-state index contributed by atoms with van der Waals surface area (Å²) >= 11 is 0. The Hall–Kier alpha value is -2.09. The number of nitrogens with one attached hydrogen (secondary N) is 2. The fourth-order valence-corrected chi connectivity index (χ4v) is 2.60. The zero-order valence-corrected chi connectivity index (χ0v) is 14.5. The molecule has 1 aromatic heterocycles. The van der Waals surface area contributed by atoms with Gasteiger partial charge < -0.3 is 9.73 Å². The third kappa shape index (κ3) is 5.55. The summed E-state index contributed by atoms with van der Waals surface area (Å²) in [6, 6.07) is 6.81. The van der Waals surface area contributed by atoms with E-state index in [1.54, 1.807) is 24.3 Å². The Labute approximate surface area is 136 Å². The maximum atomic E-state index is 11.2. The van der Waals surface area contributed by atoms with Crippen molar-refractivity contribution in [1.29, 1.82) is 0 Å². The molecular formula is C15H22N4O3S. The maximum absolute atomic E-state index is 11.2. The summed E-state index contributed by atoms with van der Waals surface area (Å²) in [6.45, 7) is 6.12. The minimum absolute atomic E-state index is 0.142. The van der Waals surface area contributed by atoms with Gasteiger partial charge in [-0.2, -0.15) is 0 Å². The van der Waals surface area contributed by atoms with Crippen molar-refractivity contribution in [2.45, 2.75) is 33.2 Å². The van der Waals surface area contributed by atoms with Crippen molar-refractivity contribution in [3.05, 3.63) is 36.0 Å². The molecule has 7 nitrogen and oxygen atoms in total. The van der Waals surface area contributed by atoms with Crippen molar-refractivity contribution in [2.24, 2.45) is 5.92 Å². The number of hydrogen-bond donors (Lipinski definition) is 2. The molecule has 2 N–H and O–H groups in total. The molecule has 8 heteroatoms. The molecule has 1 aromatic carbocycles. The Morgan fingerprint density at radius 3 is 2.26 bits per heavy atom. The van der Waals surface area contributed by atoms with Gasteiger partial charge in [-0.25, -0.2) is 8.42 Å². The smallest absolute Gasteiger partial charge is 0.238 e. The van der Waals surface area contributed by atoms with Gasteiger partial charge >= 0.3 is 0 Å². The van der Waals surface area contributed by atoms with Crippen LogP contribution in [-0.4, -0.2) is 24.9 Å². The van der Waals surface area contributed by atoms with E-state index in [0.717, 1.165) is 18.4 Å². The molecule has 0 aliphatic rings. The Bertz CT molecular complexity index is 738. The molecule has 23 heavy (non-hydrogen) atoms. The molecule has 0 radical (unpaired) electrons. The van der Waals surface area contributed by atoms with E-state index >= 15 is 0 Å². The summed E-state index contributed by atoms with van der Waals surface area (Å²) in [5, 5.41) is 11.3. The molecule has 2 rings (SSSR count). The van der Waals surface area contributed by atoms with E-state index in [9.17, 15) is 8.42 Å². The average molecular weight is 338 g/mol. The topological polar surface area (TPSA) is 97.1 Å². The van der Waals surface area contributed by atoms with Gasteiger partial charge in [0.05, 0.1) is 6.26 Å². The number of nitrogens with zero attached hydrogens (tertiary/aromatic N) is 2. The van der Waals surface area contributed by atoms with Crippen molar-refractivity contribution in [1.82, 2.24) is 10.2 Å². The highest BCUT2D eigenvalue weighted by Gasteiger charge is 2.14. The van der Waals surface area contributed by atoms with Crippen LogP contribution in [0.5, 0.6) is 0 Å². The maximum Gasteiger partial charge on any atom is 0.238 e. The molecule has 0 spiro atoms. The fraction of sp³-hybridized carbons (Fsp3) is 0.467. The van der Waals surface area contributed by atoms with Crippen LogP contribution in [0.1, 0.15) is 38.6 Å². The Kier molecular flexibility index (Phi) is 5.25. The minimum Gasteiger partial charge on any atom is -0.423 e. The molecule has 0 fully saturated rings. The summed E-state index contributed by atoms with van der Waals surface area (Å²) in [5.74, 6) is 1.62. The van der Waals surface area contributed by atoms with Gasteiger partial charge in [-0.15, -0.1) is 10.2 Å². The predicted molar refractivity (Wildman–Crippen MR) is 89.8 cm³/mol. The highest BCUT2D eigenvalue weighted by molar-refractivity contribution is 7.92. The number of anilines is 2. The Morgan fingerprint density at radius 2 is 1.70 bits per heavy atom. The van der Waals surface area contributed by atoms with E-state index in [2.05, 4.69) is 34.1 Å². The molecule has 1 atom stereocenters. The summed E-state index contributed by atoms with van der Waals surface area (Å²) in [5.41, 5.74) is 1.35. The molecule has 0 saturated heterocycles. The van der Waals surface area contributed by atoms with Crippen LogP contribution in [0.15, 0.2) is 28.7 Å². The Morgan fingerprint density at radius 1 is 1.09 bits per heavy atom. The summed E-state index contributed by atoms with van der Waals surface area (Å²) in [6.07, 6.45) is 1.87. The van der Waals surface area contributed by atoms with E-state index in [-0.39, 0.29) is 6.04 Å². The van der Waals surface area contributed by atoms with Gasteiger partial charge in [-0.1, -0.05) is 13.8 Å². The van der Waals surface area contributed by atoms with Gasteiger partial charge in [-0.05, 0) is 37.1 Å². The fourth-order valence-electron chi connectivity index (χ4n) is 2.03. The predicted octanol–water partition coefficient (Wildman–Crippen LogP) is 2.81. The monoisotopic (exact) mass is 338 g/mol. The lowest BCUT2D eigenvalue weighted by molar-refractivity contribution is 0.414. The quantitative estimate of drug-likeness (QED) is 0.806. The lowest BCUT2D eigenvalue weighted by Crippen LogP contribution is -2.10. The molecule has 126 valence electrons. The number of benzene rings is 1. The first-order valence-electron chi connectivity index (χ1n) is 7.39. The molecule has 1 heterocycles. The minimum atomic E-state index is -3.27. The van der Waals surface area contributed by atoms with Crippen LogP contribution in [-0.2, 0) is 16.4 Å². The van der Waals surface area contributed by atoms with Gasteiger partial charge in [0.2, 0.25) is 21.8 Å². The summed E-state index contributed by atoms with van der Waals surface area (Å²) in [7, 11) is -3.27. The summed E-state index contributed by atoms with van der Waals surface area (Å²) in [4.78, 5) is 0. The molecule has 1 unspecified atom stereocenters. The van der Waals surface area contributed by atoms with Gasteiger partial charge in [-0.3, -0.25) is 4.72 Å². The van der Waals surface area contributed by atoms with Crippen LogP contribution in [0.25, 0.3) is 0 Å². The third-order valence-corrected chi connectivity index (χ3v) is 3.61. The van der Waals surface area contributed by atoms with Crippen LogP contribution >= 0.6 is 0 Å². The number of hydrogen-bond acceptors (Lipinski definition) is 6. The first kappa shape index (κ1) is 17.3. The average Bonchev–Trinajstić information content (AvgIpc) is 2.87.